The zero-order valence-corrected chi connectivity index (χ0v) is 12.1. The van der Waals surface area contributed by atoms with Crippen LogP contribution in [0.15, 0.2) is 15.6 Å². The normalized spacial score (nSPS) is 20.3. The molecular formula is C13H21N3OS. The Bertz CT molecular complexity index is 424. The van der Waals surface area contributed by atoms with E-state index in [4.69, 9.17) is 4.42 Å². The zero-order chi connectivity index (χ0) is 13.0. The van der Waals surface area contributed by atoms with Crippen LogP contribution in [0.2, 0.25) is 0 Å². The van der Waals surface area contributed by atoms with Crippen LogP contribution in [0, 0.1) is 0 Å². The highest BCUT2D eigenvalue weighted by Crippen LogP contribution is 2.29. The van der Waals surface area contributed by atoms with Crippen molar-refractivity contribution in [1.29, 1.82) is 0 Å². The minimum absolute atomic E-state index is 0.231. The number of amidine groups is 1. The van der Waals surface area contributed by atoms with Crippen LogP contribution in [-0.4, -0.2) is 21.4 Å². The van der Waals surface area contributed by atoms with E-state index in [2.05, 4.69) is 36.1 Å². The highest BCUT2D eigenvalue weighted by Gasteiger charge is 2.33. The Morgan fingerprint density at radius 2 is 2.22 bits per heavy atom. The number of hydrogen-bond acceptors (Lipinski definition) is 4. The van der Waals surface area contributed by atoms with Crippen molar-refractivity contribution in [2.24, 2.45) is 4.99 Å². The second-order valence-corrected chi connectivity index (χ2v) is 5.56. The fraction of sp³-hybridized carbons (Fsp3) is 0.692. The van der Waals surface area contributed by atoms with Gasteiger partial charge in [-0.3, -0.25) is 4.99 Å². The maximum absolute atomic E-state index is 5.54. The first kappa shape index (κ1) is 13.5. The Labute approximate surface area is 113 Å². The van der Waals surface area contributed by atoms with E-state index >= 15 is 0 Å². The maximum atomic E-state index is 5.54. The molecule has 0 saturated carbocycles. The number of oxazole rings is 1. The minimum atomic E-state index is 0.231. The Hall–Kier alpha value is -0.970. The summed E-state index contributed by atoms with van der Waals surface area (Å²) in [6.45, 7) is 7.03. The first-order valence-electron chi connectivity index (χ1n) is 6.60. The molecule has 0 amide bonds. The quantitative estimate of drug-likeness (QED) is 0.891. The van der Waals surface area contributed by atoms with E-state index in [1.807, 2.05) is 0 Å². The topological polar surface area (TPSA) is 50.4 Å². The van der Waals surface area contributed by atoms with Crippen molar-refractivity contribution in [2.75, 3.05) is 5.75 Å². The number of hydrogen-bond donors (Lipinski definition) is 1. The largest absolute Gasteiger partial charge is 0.444 e. The van der Waals surface area contributed by atoms with E-state index in [9.17, 15) is 0 Å². The lowest BCUT2D eigenvalue weighted by atomic mass is 9.96. The molecule has 1 aliphatic heterocycles. The highest BCUT2D eigenvalue weighted by atomic mass is 32.2. The molecule has 5 heteroatoms. The molecule has 1 saturated heterocycles. The first-order valence-corrected chi connectivity index (χ1v) is 7.59. The molecule has 0 radical (unpaired) electrons. The molecule has 1 fully saturated rings. The van der Waals surface area contributed by atoms with Gasteiger partial charge in [-0.15, -0.1) is 0 Å². The van der Waals surface area contributed by atoms with Crippen LogP contribution in [0.25, 0.3) is 0 Å². The van der Waals surface area contributed by atoms with E-state index in [1.165, 1.54) is 0 Å². The van der Waals surface area contributed by atoms with Gasteiger partial charge in [0.2, 0.25) is 5.89 Å². The van der Waals surface area contributed by atoms with Crippen LogP contribution in [-0.2, 0) is 13.0 Å². The van der Waals surface area contributed by atoms with Crippen molar-refractivity contribution in [2.45, 2.75) is 52.1 Å². The van der Waals surface area contributed by atoms with Gasteiger partial charge >= 0.3 is 0 Å². The molecule has 18 heavy (non-hydrogen) atoms. The molecule has 0 aromatic carbocycles. The van der Waals surface area contributed by atoms with Crippen LogP contribution >= 0.6 is 11.8 Å². The molecule has 2 heterocycles. The summed E-state index contributed by atoms with van der Waals surface area (Å²) < 4.78 is 5.54. The number of rotatable bonds is 5. The van der Waals surface area contributed by atoms with Gasteiger partial charge in [0.1, 0.15) is 12.3 Å². The SMILES string of the molecule is CCc1cnc(CN=C2NC(CC)(CC)CS2)o1. The van der Waals surface area contributed by atoms with Gasteiger partial charge in [0.25, 0.3) is 0 Å². The van der Waals surface area contributed by atoms with Gasteiger partial charge in [0, 0.05) is 17.7 Å². The monoisotopic (exact) mass is 267 g/mol. The number of aliphatic imine (C=N–C) groups is 1. The first-order chi connectivity index (χ1) is 8.71. The Balaban J connectivity index is 1.95. The fourth-order valence-electron chi connectivity index (χ4n) is 1.95. The summed E-state index contributed by atoms with van der Waals surface area (Å²) in [7, 11) is 0. The molecule has 4 nitrogen and oxygen atoms in total. The van der Waals surface area contributed by atoms with Gasteiger partial charge in [0.05, 0.1) is 6.20 Å². The van der Waals surface area contributed by atoms with E-state index in [0.717, 1.165) is 35.9 Å². The molecule has 2 rings (SSSR count). The van der Waals surface area contributed by atoms with Crippen LogP contribution in [0.4, 0.5) is 0 Å². The third-order valence-electron chi connectivity index (χ3n) is 3.52. The van der Waals surface area contributed by atoms with E-state index in [0.29, 0.717) is 12.4 Å². The summed E-state index contributed by atoms with van der Waals surface area (Å²) in [4.78, 5) is 8.76. The lowest BCUT2D eigenvalue weighted by molar-refractivity contribution is 0.407. The number of aromatic nitrogens is 1. The van der Waals surface area contributed by atoms with Gasteiger partial charge < -0.3 is 9.73 Å². The molecule has 100 valence electrons. The van der Waals surface area contributed by atoms with Crippen LogP contribution in [0.3, 0.4) is 0 Å². The third-order valence-corrected chi connectivity index (χ3v) is 4.72. The predicted octanol–water partition coefficient (Wildman–Crippen LogP) is 2.99. The van der Waals surface area contributed by atoms with E-state index < -0.39 is 0 Å². The summed E-state index contributed by atoms with van der Waals surface area (Å²) in [5, 5.41) is 4.56. The summed E-state index contributed by atoms with van der Waals surface area (Å²) in [6, 6.07) is 0. The Kier molecular flexibility index (Phi) is 4.32. The summed E-state index contributed by atoms with van der Waals surface area (Å²) in [5.74, 6) is 2.73. The summed E-state index contributed by atoms with van der Waals surface area (Å²) in [5.41, 5.74) is 0.231. The number of thioether (sulfide) groups is 1. The molecule has 0 unspecified atom stereocenters. The molecule has 1 aromatic heterocycles. The smallest absolute Gasteiger partial charge is 0.216 e. The van der Waals surface area contributed by atoms with Crippen molar-refractivity contribution in [3.05, 3.63) is 17.8 Å². The lowest BCUT2D eigenvalue weighted by Gasteiger charge is -2.25. The molecule has 1 aliphatic rings. The Morgan fingerprint density at radius 1 is 1.44 bits per heavy atom. The molecular weight excluding hydrogens is 246 g/mol. The van der Waals surface area contributed by atoms with Crippen molar-refractivity contribution in [3.63, 3.8) is 0 Å². The van der Waals surface area contributed by atoms with Crippen molar-refractivity contribution >= 4 is 16.9 Å². The van der Waals surface area contributed by atoms with Gasteiger partial charge in [-0.05, 0) is 12.8 Å². The van der Waals surface area contributed by atoms with E-state index in [1.54, 1.807) is 18.0 Å². The average Bonchev–Trinajstić information content (AvgIpc) is 3.03. The van der Waals surface area contributed by atoms with Crippen molar-refractivity contribution in [3.8, 4) is 0 Å². The Morgan fingerprint density at radius 3 is 2.78 bits per heavy atom. The maximum Gasteiger partial charge on any atom is 0.216 e. The summed E-state index contributed by atoms with van der Waals surface area (Å²) >= 11 is 1.80. The van der Waals surface area contributed by atoms with Crippen LogP contribution in [0.5, 0.6) is 0 Å². The molecule has 0 bridgehead atoms. The van der Waals surface area contributed by atoms with Gasteiger partial charge in [0.15, 0.2) is 5.17 Å². The third kappa shape index (κ3) is 2.88. The van der Waals surface area contributed by atoms with E-state index in [-0.39, 0.29) is 5.54 Å². The van der Waals surface area contributed by atoms with Crippen LogP contribution in [0.1, 0.15) is 45.3 Å². The van der Waals surface area contributed by atoms with Crippen LogP contribution < -0.4 is 5.32 Å². The van der Waals surface area contributed by atoms with Crippen molar-refractivity contribution in [1.82, 2.24) is 10.3 Å². The van der Waals surface area contributed by atoms with Crippen molar-refractivity contribution < 1.29 is 4.42 Å². The lowest BCUT2D eigenvalue weighted by Crippen LogP contribution is -2.42. The predicted molar refractivity (Wildman–Crippen MR) is 75.9 cm³/mol. The molecule has 0 spiro atoms. The number of nitrogens with zero attached hydrogens (tertiary/aromatic N) is 2. The van der Waals surface area contributed by atoms with Gasteiger partial charge in [-0.2, -0.15) is 0 Å². The second kappa shape index (κ2) is 5.78. The highest BCUT2D eigenvalue weighted by molar-refractivity contribution is 8.14. The molecule has 1 aromatic rings. The number of nitrogens with one attached hydrogen (secondary N) is 1. The summed E-state index contributed by atoms with van der Waals surface area (Å²) in [6.07, 6.45) is 4.93. The second-order valence-electron chi connectivity index (χ2n) is 4.60. The van der Waals surface area contributed by atoms with Gasteiger partial charge in [-0.25, -0.2) is 4.98 Å². The fourth-order valence-corrected chi connectivity index (χ4v) is 3.28. The standard InChI is InChI=1S/C13H21N3OS/c1-4-10-7-14-11(17-10)8-15-12-16-13(5-2,6-3)9-18-12/h7H,4-6,8-9H2,1-3H3,(H,15,16). The van der Waals surface area contributed by atoms with Gasteiger partial charge in [-0.1, -0.05) is 32.5 Å². The zero-order valence-electron chi connectivity index (χ0n) is 11.3. The minimum Gasteiger partial charge on any atom is -0.444 e. The number of aryl methyl sites for hydroxylation is 1. The molecule has 0 atom stereocenters. The molecule has 0 aliphatic carbocycles. The molecule has 1 N–H and O–H groups in total. The average molecular weight is 267 g/mol.